The maximum absolute atomic E-state index is 12.5. The Morgan fingerprint density at radius 3 is 1.35 bits per heavy atom. The first-order chi connectivity index (χ1) is 23.3. The van der Waals surface area contributed by atoms with Crippen LogP contribution in [-0.4, -0.2) is 66.3 Å². The Morgan fingerprint density at radius 2 is 0.938 bits per heavy atom. The van der Waals surface area contributed by atoms with Crippen LogP contribution in [0, 0.1) is 0 Å². The van der Waals surface area contributed by atoms with Gasteiger partial charge in [-0.3, -0.25) is 13.8 Å². The molecule has 0 radical (unpaired) electrons. The SMILES string of the molecule is CCCCCCCCCCCCCCCCCOCC(COP(=O)(O)OCC(O)CO)OC(=O)CCCCCCCCCCCCCC. The Kier molecular flexibility index (Phi) is 35.8. The second-order valence-corrected chi connectivity index (χ2v) is 15.1. The minimum absolute atomic E-state index is 0.0576. The zero-order valence-electron chi connectivity index (χ0n) is 31.2. The number of hydrogen-bond acceptors (Lipinski definition) is 8. The van der Waals surface area contributed by atoms with E-state index in [0.29, 0.717) is 6.61 Å². The summed E-state index contributed by atoms with van der Waals surface area (Å²) in [6.45, 7) is 3.55. The summed E-state index contributed by atoms with van der Waals surface area (Å²) in [5.41, 5.74) is 0. The van der Waals surface area contributed by atoms with E-state index < -0.39 is 33.2 Å². The smallest absolute Gasteiger partial charge is 0.457 e. The molecule has 10 heteroatoms. The molecule has 0 saturated carbocycles. The summed E-state index contributed by atoms with van der Waals surface area (Å²) in [4.78, 5) is 22.5. The van der Waals surface area contributed by atoms with Gasteiger partial charge in [-0.25, -0.2) is 4.57 Å². The molecule has 9 nitrogen and oxygen atoms in total. The lowest BCUT2D eigenvalue weighted by atomic mass is 10.0. The van der Waals surface area contributed by atoms with Crippen molar-refractivity contribution in [3.63, 3.8) is 0 Å². The number of aliphatic hydroxyl groups is 2. The Labute approximate surface area is 295 Å². The molecule has 0 aliphatic heterocycles. The van der Waals surface area contributed by atoms with Gasteiger partial charge in [0.2, 0.25) is 0 Å². The molecule has 0 heterocycles. The molecule has 0 spiro atoms. The molecule has 288 valence electrons. The number of rotatable bonds is 39. The van der Waals surface area contributed by atoms with Crippen molar-refractivity contribution in [2.75, 3.05) is 33.0 Å². The molecule has 0 saturated heterocycles. The van der Waals surface area contributed by atoms with E-state index in [2.05, 4.69) is 13.8 Å². The summed E-state index contributed by atoms with van der Waals surface area (Å²) in [5, 5.41) is 18.3. The van der Waals surface area contributed by atoms with Gasteiger partial charge in [0.25, 0.3) is 0 Å². The first kappa shape index (κ1) is 47.5. The van der Waals surface area contributed by atoms with Crippen molar-refractivity contribution in [2.45, 2.75) is 206 Å². The van der Waals surface area contributed by atoms with Gasteiger partial charge < -0.3 is 24.6 Å². The van der Waals surface area contributed by atoms with E-state index in [9.17, 15) is 19.4 Å². The van der Waals surface area contributed by atoms with Gasteiger partial charge in [-0.15, -0.1) is 0 Å². The molecule has 0 aliphatic carbocycles. The summed E-state index contributed by atoms with van der Waals surface area (Å²) in [5.74, 6) is -0.379. The molecule has 0 bridgehead atoms. The lowest BCUT2D eigenvalue weighted by molar-refractivity contribution is -0.154. The average molecular weight is 709 g/mol. The number of unbranched alkanes of at least 4 members (excludes halogenated alkanes) is 25. The van der Waals surface area contributed by atoms with E-state index in [-0.39, 0.29) is 25.6 Å². The van der Waals surface area contributed by atoms with Gasteiger partial charge in [-0.1, -0.05) is 174 Å². The van der Waals surface area contributed by atoms with Crippen LogP contribution in [-0.2, 0) is 27.9 Å². The topological polar surface area (TPSA) is 132 Å². The fourth-order valence-corrected chi connectivity index (χ4v) is 6.50. The number of carbonyl (C=O) groups is 1. The van der Waals surface area contributed by atoms with Crippen molar-refractivity contribution < 1.29 is 43.0 Å². The Bertz CT molecular complexity index is 724. The second-order valence-electron chi connectivity index (χ2n) is 13.7. The summed E-state index contributed by atoms with van der Waals surface area (Å²) in [7, 11) is -4.50. The van der Waals surface area contributed by atoms with Gasteiger partial charge in [0, 0.05) is 13.0 Å². The van der Waals surface area contributed by atoms with Gasteiger partial charge in [0.1, 0.15) is 12.2 Å². The number of aliphatic hydroxyl groups excluding tert-OH is 2. The number of phosphoric acid groups is 1. The first-order valence-electron chi connectivity index (χ1n) is 20.0. The highest BCUT2D eigenvalue weighted by Crippen LogP contribution is 2.43. The Morgan fingerprint density at radius 1 is 0.562 bits per heavy atom. The van der Waals surface area contributed by atoms with Crippen LogP contribution in [0.5, 0.6) is 0 Å². The standard InChI is InChI=1S/C38H77O9P/c1-3-5-7-9-11-13-15-17-18-19-21-23-25-27-29-31-44-34-37(35-46-48(42,43)45-33-36(40)32-39)47-38(41)30-28-26-24-22-20-16-14-12-10-8-6-4-2/h36-37,39-40H,3-35H2,1-2H3,(H,42,43). The molecule has 3 N–H and O–H groups in total. The van der Waals surface area contributed by atoms with Gasteiger partial charge in [0.05, 0.1) is 26.4 Å². The zero-order valence-corrected chi connectivity index (χ0v) is 32.1. The summed E-state index contributed by atoms with van der Waals surface area (Å²) < 4.78 is 33.3. The van der Waals surface area contributed by atoms with Gasteiger partial charge >= 0.3 is 13.8 Å². The normalized spacial score (nSPS) is 14.2. The minimum Gasteiger partial charge on any atom is -0.457 e. The lowest BCUT2D eigenvalue weighted by Gasteiger charge is -2.20. The highest BCUT2D eigenvalue weighted by molar-refractivity contribution is 7.47. The third kappa shape index (κ3) is 35.3. The number of carbonyl (C=O) groups excluding carboxylic acids is 1. The predicted molar refractivity (Wildman–Crippen MR) is 196 cm³/mol. The van der Waals surface area contributed by atoms with Gasteiger partial charge in [-0.05, 0) is 12.8 Å². The Balaban J connectivity index is 4.16. The molecular formula is C38H77O9P. The van der Waals surface area contributed by atoms with Crippen LogP contribution in [0.15, 0.2) is 0 Å². The van der Waals surface area contributed by atoms with Crippen LogP contribution in [0.1, 0.15) is 194 Å². The van der Waals surface area contributed by atoms with Crippen molar-refractivity contribution in [1.29, 1.82) is 0 Å². The van der Waals surface area contributed by atoms with Gasteiger partial charge in [-0.2, -0.15) is 0 Å². The van der Waals surface area contributed by atoms with E-state index in [1.54, 1.807) is 0 Å². The predicted octanol–water partition coefficient (Wildman–Crippen LogP) is 10.4. The zero-order chi connectivity index (χ0) is 35.4. The number of phosphoric ester groups is 1. The summed E-state index contributed by atoms with van der Waals surface area (Å²) in [6.07, 6.45) is 32.0. The van der Waals surface area contributed by atoms with Crippen molar-refractivity contribution in [3.05, 3.63) is 0 Å². The molecule has 0 rings (SSSR count). The fourth-order valence-electron chi connectivity index (χ4n) is 5.71. The third-order valence-electron chi connectivity index (χ3n) is 8.79. The number of hydrogen-bond donors (Lipinski definition) is 3. The molecule has 48 heavy (non-hydrogen) atoms. The van der Waals surface area contributed by atoms with Crippen LogP contribution in [0.4, 0.5) is 0 Å². The first-order valence-corrected chi connectivity index (χ1v) is 21.5. The monoisotopic (exact) mass is 709 g/mol. The molecule has 3 unspecified atom stereocenters. The molecule has 3 atom stereocenters. The van der Waals surface area contributed by atoms with Crippen molar-refractivity contribution in [2.24, 2.45) is 0 Å². The van der Waals surface area contributed by atoms with E-state index >= 15 is 0 Å². The van der Waals surface area contributed by atoms with Crippen molar-refractivity contribution in [3.8, 4) is 0 Å². The van der Waals surface area contributed by atoms with E-state index in [0.717, 1.165) is 32.1 Å². The highest BCUT2D eigenvalue weighted by Gasteiger charge is 2.26. The van der Waals surface area contributed by atoms with Crippen LogP contribution in [0.2, 0.25) is 0 Å². The minimum atomic E-state index is -4.50. The maximum Gasteiger partial charge on any atom is 0.472 e. The molecule has 0 aromatic rings. The third-order valence-corrected chi connectivity index (χ3v) is 9.74. The van der Waals surface area contributed by atoms with E-state index in [1.165, 1.54) is 141 Å². The fraction of sp³-hybridized carbons (Fsp3) is 0.974. The molecule has 0 aliphatic rings. The van der Waals surface area contributed by atoms with Crippen LogP contribution in [0.3, 0.4) is 0 Å². The van der Waals surface area contributed by atoms with Crippen molar-refractivity contribution in [1.82, 2.24) is 0 Å². The van der Waals surface area contributed by atoms with Crippen LogP contribution in [0.25, 0.3) is 0 Å². The quantitative estimate of drug-likeness (QED) is 0.0324. The molecule has 0 fully saturated rings. The molecular weight excluding hydrogens is 631 g/mol. The molecule has 0 amide bonds. The summed E-state index contributed by atoms with van der Waals surface area (Å²) >= 11 is 0. The lowest BCUT2D eigenvalue weighted by Crippen LogP contribution is -2.29. The maximum atomic E-state index is 12.5. The average Bonchev–Trinajstić information content (AvgIpc) is 3.07. The molecule has 0 aromatic heterocycles. The van der Waals surface area contributed by atoms with Crippen LogP contribution >= 0.6 is 7.82 Å². The number of esters is 1. The van der Waals surface area contributed by atoms with Crippen molar-refractivity contribution >= 4 is 13.8 Å². The van der Waals surface area contributed by atoms with Crippen LogP contribution < -0.4 is 0 Å². The molecule has 0 aromatic carbocycles. The second kappa shape index (κ2) is 36.3. The van der Waals surface area contributed by atoms with E-state index in [1.807, 2.05) is 0 Å². The van der Waals surface area contributed by atoms with E-state index in [4.69, 9.17) is 23.6 Å². The highest BCUT2D eigenvalue weighted by atomic mass is 31.2. The Hall–Kier alpha value is -0.540. The summed E-state index contributed by atoms with van der Waals surface area (Å²) in [6, 6.07) is 0. The number of ether oxygens (including phenoxy) is 2. The van der Waals surface area contributed by atoms with Gasteiger partial charge in [0.15, 0.2) is 0 Å². The largest absolute Gasteiger partial charge is 0.472 e.